The number of aromatic nitrogens is 1. The molecule has 0 atom stereocenters. The van der Waals surface area contributed by atoms with Gasteiger partial charge in [0.15, 0.2) is 5.13 Å². The lowest BCUT2D eigenvalue weighted by atomic mass is 10.1. The molecule has 46 heavy (non-hydrogen) atoms. The smallest absolute Gasteiger partial charge is 0.257 e. The molecular weight excluding hydrogens is 627 g/mol. The number of morpholine rings is 1. The molecule has 1 aromatic heterocycles. The summed E-state index contributed by atoms with van der Waals surface area (Å²) < 4.78 is 17.3. The summed E-state index contributed by atoms with van der Waals surface area (Å²) in [6, 6.07) is 11.3. The average molecular weight is 668 g/mol. The molecule has 5 rings (SSSR count). The fourth-order valence-electron chi connectivity index (χ4n) is 5.29. The van der Waals surface area contributed by atoms with E-state index in [1.54, 1.807) is 18.2 Å². The molecule has 0 bridgehead atoms. The molecule has 2 fully saturated rings. The fourth-order valence-corrected chi connectivity index (χ4v) is 7.22. The number of carbonyl (C=O) groups is 3. The molecule has 0 unspecified atom stereocenters. The average Bonchev–Trinajstić information content (AvgIpc) is 3.53. The van der Waals surface area contributed by atoms with Crippen LogP contribution in [0.15, 0.2) is 51.7 Å². The Morgan fingerprint density at radius 2 is 1.74 bits per heavy atom. The van der Waals surface area contributed by atoms with E-state index in [2.05, 4.69) is 22.1 Å². The van der Waals surface area contributed by atoms with Crippen molar-refractivity contribution in [1.29, 1.82) is 0 Å². The lowest BCUT2D eigenvalue weighted by Gasteiger charge is -2.36. The van der Waals surface area contributed by atoms with Gasteiger partial charge in [0.1, 0.15) is 5.75 Å². The van der Waals surface area contributed by atoms with Gasteiger partial charge in [-0.2, -0.15) is 0 Å². The molecule has 2 aliphatic heterocycles. The Kier molecular flexibility index (Phi) is 11.9. The zero-order valence-corrected chi connectivity index (χ0v) is 28.2. The van der Waals surface area contributed by atoms with Gasteiger partial charge in [0, 0.05) is 62.0 Å². The Balaban J connectivity index is 1.15. The minimum absolute atomic E-state index is 0.0775. The van der Waals surface area contributed by atoms with E-state index in [9.17, 15) is 14.4 Å². The summed E-state index contributed by atoms with van der Waals surface area (Å²) in [5.74, 6) is 0.362. The molecule has 1 N–H and O–H groups in total. The summed E-state index contributed by atoms with van der Waals surface area (Å²) in [4.78, 5) is 50.0. The van der Waals surface area contributed by atoms with Gasteiger partial charge < -0.3 is 28.9 Å². The minimum Gasteiger partial charge on any atom is -0.496 e. The van der Waals surface area contributed by atoms with Crippen molar-refractivity contribution in [2.75, 3.05) is 83.0 Å². The van der Waals surface area contributed by atoms with E-state index in [4.69, 9.17) is 14.2 Å². The van der Waals surface area contributed by atoms with Crippen LogP contribution < -0.4 is 15.0 Å². The number of ether oxygens (including phenoxy) is 3. The van der Waals surface area contributed by atoms with Crippen LogP contribution in [0.3, 0.4) is 0 Å². The molecule has 0 aliphatic carbocycles. The number of piperazine rings is 1. The predicted octanol–water partition coefficient (Wildman–Crippen LogP) is 4.80. The van der Waals surface area contributed by atoms with Crippen molar-refractivity contribution in [3.05, 3.63) is 59.3 Å². The summed E-state index contributed by atoms with van der Waals surface area (Å²) in [5, 5.41) is 3.40. The predicted molar refractivity (Wildman–Crippen MR) is 180 cm³/mol. The van der Waals surface area contributed by atoms with E-state index in [0.717, 1.165) is 39.9 Å². The SMILES string of the molecule is CCCOCCC(=O)N1CCN(c2ccc(C(=O)Nc3ncc(Sc4cc(C(=O)N5CCOCC5)c(OC)cc4C)s3)cc2)CC1. The van der Waals surface area contributed by atoms with Crippen molar-refractivity contribution < 1.29 is 28.6 Å². The first-order valence-corrected chi connectivity index (χ1v) is 17.2. The first kappa shape index (κ1) is 33.7. The molecule has 2 aromatic carbocycles. The number of aryl methyl sites for hydroxylation is 1. The first-order chi connectivity index (χ1) is 22.4. The number of anilines is 2. The summed E-state index contributed by atoms with van der Waals surface area (Å²) >= 11 is 2.87. The van der Waals surface area contributed by atoms with Gasteiger partial charge in [-0.25, -0.2) is 4.98 Å². The Morgan fingerprint density at radius 1 is 1.00 bits per heavy atom. The van der Waals surface area contributed by atoms with Gasteiger partial charge in [-0.1, -0.05) is 30.0 Å². The number of benzene rings is 2. The number of thiazole rings is 1. The molecule has 3 aromatic rings. The Labute approximate surface area is 278 Å². The van der Waals surface area contributed by atoms with Crippen LogP contribution in [0.2, 0.25) is 0 Å². The van der Waals surface area contributed by atoms with Crippen LogP contribution in [-0.4, -0.2) is 105 Å². The molecule has 0 radical (unpaired) electrons. The largest absolute Gasteiger partial charge is 0.496 e. The quantitative estimate of drug-likeness (QED) is 0.272. The number of hydrogen-bond acceptors (Lipinski definition) is 10. The third-order valence-electron chi connectivity index (χ3n) is 7.88. The lowest BCUT2D eigenvalue weighted by Crippen LogP contribution is -2.49. The van der Waals surface area contributed by atoms with E-state index in [1.165, 1.54) is 23.1 Å². The van der Waals surface area contributed by atoms with Crippen LogP contribution >= 0.6 is 23.1 Å². The monoisotopic (exact) mass is 667 g/mol. The van der Waals surface area contributed by atoms with E-state index in [1.807, 2.05) is 48.2 Å². The lowest BCUT2D eigenvalue weighted by molar-refractivity contribution is -0.132. The van der Waals surface area contributed by atoms with Gasteiger partial charge in [-0.15, -0.1) is 0 Å². The van der Waals surface area contributed by atoms with Crippen molar-refractivity contribution >= 4 is 51.6 Å². The molecular formula is C33H41N5O6S2. The van der Waals surface area contributed by atoms with Crippen molar-refractivity contribution in [2.45, 2.75) is 35.8 Å². The maximum Gasteiger partial charge on any atom is 0.257 e. The number of rotatable bonds is 12. The number of nitrogens with zero attached hydrogens (tertiary/aromatic N) is 4. The number of methoxy groups -OCH3 is 1. The van der Waals surface area contributed by atoms with Gasteiger partial charge in [0.2, 0.25) is 5.91 Å². The van der Waals surface area contributed by atoms with Crippen LogP contribution in [0.5, 0.6) is 5.75 Å². The van der Waals surface area contributed by atoms with Crippen LogP contribution in [0.1, 0.15) is 46.0 Å². The second-order valence-corrected chi connectivity index (χ2v) is 13.4. The Bertz CT molecular complexity index is 1500. The van der Waals surface area contributed by atoms with E-state index >= 15 is 0 Å². The van der Waals surface area contributed by atoms with Gasteiger partial charge in [-0.05, 0) is 55.3 Å². The van der Waals surface area contributed by atoms with Gasteiger partial charge in [0.25, 0.3) is 11.8 Å². The maximum absolute atomic E-state index is 13.3. The summed E-state index contributed by atoms with van der Waals surface area (Å²) in [7, 11) is 1.57. The molecule has 2 saturated heterocycles. The molecule has 246 valence electrons. The van der Waals surface area contributed by atoms with Crippen molar-refractivity contribution in [3.8, 4) is 5.75 Å². The molecule has 2 aliphatic rings. The van der Waals surface area contributed by atoms with Gasteiger partial charge >= 0.3 is 0 Å². The van der Waals surface area contributed by atoms with Crippen molar-refractivity contribution in [2.24, 2.45) is 0 Å². The highest BCUT2D eigenvalue weighted by Crippen LogP contribution is 2.38. The van der Waals surface area contributed by atoms with Crippen molar-refractivity contribution in [1.82, 2.24) is 14.8 Å². The van der Waals surface area contributed by atoms with Crippen LogP contribution in [-0.2, 0) is 14.3 Å². The van der Waals surface area contributed by atoms with E-state index in [-0.39, 0.29) is 17.7 Å². The highest BCUT2D eigenvalue weighted by atomic mass is 32.2. The zero-order chi connectivity index (χ0) is 32.5. The third kappa shape index (κ3) is 8.58. The summed E-state index contributed by atoms with van der Waals surface area (Å²) in [6.07, 6.45) is 3.09. The number of carbonyl (C=O) groups excluding carboxylic acids is 3. The fraction of sp³-hybridized carbons (Fsp3) is 0.455. The first-order valence-electron chi connectivity index (χ1n) is 15.6. The number of amides is 3. The topological polar surface area (TPSA) is 114 Å². The van der Waals surface area contributed by atoms with Crippen LogP contribution in [0.4, 0.5) is 10.8 Å². The zero-order valence-electron chi connectivity index (χ0n) is 26.6. The van der Waals surface area contributed by atoms with E-state index in [0.29, 0.717) is 81.0 Å². The Morgan fingerprint density at radius 3 is 2.43 bits per heavy atom. The second kappa shape index (κ2) is 16.3. The van der Waals surface area contributed by atoms with Crippen LogP contribution in [0, 0.1) is 6.92 Å². The minimum atomic E-state index is -0.239. The highest BCUT2D eigenvalue weighted by molar-refractivity contribution is 8.01. The van der Waals surface area contributed by atoms with E-state index < -0.39 is 0 Å². The van der Waals surface area contributed by atoms with Crippen molar-refractivity contribution in [3.63, 3.8) is 0 Å². The summed E-state index contributed by atoms with van der Waals surface area (Å²) in [6.45, 7) is 10.1. The third-order valence-corrected chi connectivity index (χ3v) is 10.1. The molecule has 3 heterocycles. The van der Waals surface area contributed by atoms with Crippen LogP contribution in [0.25, 0.3) is 0 Å². The Hall–Kier alpha value is -3.65. The molecule has 0 saturated carbocycles. The number of nitrogens with one attached hydrogen (secondary N) is 1. The molecule has 3 amide bonds. The number of hydrogen-bond donors (Lipinski definition) is 1. The molecule has 0 spiro atoms. The normalized spacial score (nSPS) is 15.2. The summed E-state index contributed by atoms with van der Waals surface area (Å²) in [5.41, 5.74) is 3.04. The maximum atomic E-state index is 13.3. The van der Waals surface area contributed by atoms with Gasteiger partial charge in [-0.3, -0.25) is 19.7 Å². The molecule has 11 nitrogen and oxygen atoms in total. The highest BCUT2D eigenvalue weighted by Gasteiger charge is 2.24. The van der Waals surface area contributed by atoms with Gasteiger partial charge in [0.05, 0.1) is 49.3 Å². The standard InChI is InChI=1S/C33H41N5O6S2/c1-4-16-43-17-9-29(39)37-12-10-36(11-13-37)25-7-5-24(6-8-25)31(40)35-33-34-22-30(46-33)45-28-21-26(27(42-3)20-23(28)2)32(41)38-14-18-44-19-15-38/h5-8,20-22H,4,9-19H2,1-3H3,(H,34,35,40). The molecule has 13 heteroatoms. The second-order valence-electron chi connectivity index (χ2n) is 11.0.